The van der Waals surface area contributed by atoms with Crippen LogP contribution in [-0.2, 0) is 32.6 Å². The van der Waals surface area contributed by atoms with Gasteiger partial charge in [0.1, 0.15) is 18.4 Å². The number of halogens is 2. The molecule has 1 aliphatic carbocycles. The van der Waals surface area contributed by atoms with Gasteiger partial charge in [0.25, 0.3) is 0 Å². The first-order chi connectivity index (χ1) is 19.5. The van der Waals surface area contributed by atoms with E-state index in [1.165, 1.54) is 11.0 Å². The van der Waals surface area contributed by atoms with E-state index in [1.807, 2.05) is 30.3 Å². The molecule has 0 bridgehead atoms. The topological polar surface area (TPSA) is 86.8 Å². The summed E-state index contributed by atoms with van der Waals surface area (Å²) in [5, 5.41) is 3.44. The molecule has 1 N–H and O–H groups in total. The molecule has 1 fully saturated rings. The van der Waals surface area contributed by atoms with Crippen LogP contribution in [0, 0.1) is 12.7 Å². The maximum Gasteiger partial charge on any atom is 0.244 e. The molecule has 41 heavy (non-hydrogen) atoms. The molecule has 0 unspecified atom stereocenters. The van der Waals surface area contributed by atoms with Crippen LogP contribution in [0.3, 0.4) is 0 Å². The van der Waals surface area contributed by atoms with Crippen molar-refractivity contribution in [2.45, 2.75) is 57.7 Å². The van der Waals surface area contributed by atoms with Crippen molar-refractivity contribution in [3.8, 4) is 0 Å². The van der Waals surface area contributed by atoms with E-state index in [9.17, 15) is 22.4 Å². The molecule has 218 valence electrons. The Morgan fingerprint density at radius 3 is 2.32 bits per heavy atom. The van der Waals surface area contributed by atoms with Gasteiger partial charge in [-0.05, 0) is 49.1 Å². The van der Waals surface area contributed by atoms with Gasteiger partial charge in [0.15, 0.2) is 0 Å². The Bertz CT molecular complexity index is 1480. The molecule has 0 saturated heterocycles. The van der Waals surface area contributed by atoms with E-state index in [1.54, 1.807) is 43.3 Å². The number of benzene rings is 3. The highest BCUT2D eigenvalue weighted by molar-refractivity contribution is 7.92. The minimum absolute atomic E-state index is 0.00665. The average molecular weight is 600 g/mol. The van der Waals surface area contributed by atoms with E-state index in [2.05, 4.69) is 5.32 Å². The molecule has 1 saturated carbocycles. The fourth-order valence-electron chi connectivity index (χ4n) is 5.19. The van der Waals surface area contributed by atoms with E-state index >= 15 is 0 Å². The summed E-state index contributed by atoms with van der Waals surface area (Å²) >= 11 is 6.28. The summed E-state index contributed by atoms with van der Waals surface area (Å²) in [5.41, 5.74) is 1.79. The number of hydrogen-bond acceptors (Lipinski definition) is 4. The molecule has 0 spiro atoms. The lowest BCUT2D eigenvalue weighted by atomic mass is 10.0. The van der Waals surface area contributed by atoms with Crippen LogP contribution >= 0.6 is 11.6 Å². The van der Waals surface area contributed by atoms with Crippen molar-refractivity contribution in [3.63, 3.8) is 0 Å². The molecule has 0 aliphatic heterocycles. The fourth-order valence-corrected chi connectivity index (χ4v) is 6.26. The quantitative estimate of drug-likeness (QED) is 0.326. The molecule has 0 aromatic heterocycles. The molecule has 2 amide bonds. The summed E-state index contributed by atoms with van der Waals surface area (Å²) in [6.45, 7) is 0.869. The molecule has 4 rings (SSSR count). The van der Waals surface area contributed by atoms with Crippen LogP contribution in [0.5, 0.6) is 0 Å². The number of carbonyl (C=O) groups is 2. The molecule has 0 heterocycles. The van der Waals surface area contributed by atoms with E-state index < -0.39 is 34.3 Å². The van der Waals surface area contributed by atoms with Crippen LogP contribution in [-0.4, -0.2) is 50.0 Å². The largest absolute Gasteiger partial charge is 0.352 e. The van der Waals surface area contributed by atoms with E-state index in [4.69, 9.17) is 11.6 Å². The summed E-state index contributed by atoms with van der Waals surface area (Å²) in [4.78, 5) is 29.3. The van der Waals surface area contributed by atoms with Crippen molar-refractivity contribution >= 4 is 39.1 Å². The second-order valence-electron chi connectivity index (χ2n) is 10.5. The van der Waals surface area contributed by atoms with E-state index in [0.717, 1.165) is 41.8 Å². The predicted octanol–water partition coefficient (Wildman–Crippen LogP) is 5.25. The fraction of sp³-hybridized carbons (Fsp3) is 0.355. The molecule has 1 atom stereocenters. The van der Waals surface area contributed by atoms with Crippen molar-refractivity contribution in [2.24, 2.45) is 0 Å². The summed E-state index contributed by atoms with van der Waals surface area (Å²) in [6.07, 6.45) is 4.90. The molecule has 10 heteroatoms. The highest BCUT2D eigenvalue weighted by Crippen LogP contribution is 2.29. The van der Waals surface area contributed by atoms with Crippen LogP contribution in [0.4, 0.5) is 10.1 Å². The van der Waals surface area contributed by atoms with Gasteiger partial charge in [0.2, 0.25) is 21.8 Å². The maximum absolute atomic E-state index is 14.9. The second-order valence-corrected chi connectivity index (χ2v) is 12.8. The van der Waals surface area contributed by atoms with Crippen LogP contribution in [0.2, 0.25) is 5.02 Å². The molecular weight excluding hydrogens is 565 g/mol. The Balaban J connectivity index is 1.75. The van der Waals surface area contributed by atoms with Crippen molar-refractivity contribution in [1.29, 1.82) is 0 Å². The number of hydrogen-bond donors (Lipinski definition) is 1. The van der Waals surface area contributed by atoms with Crippen molar-refractivity contribution in [2.75, 3.05) is 17.1 Å². The number of rotatable bonds is 11. The Kier molecular flexibility index (Phi) is 10.0. The lowest BCUT2D eigenvalue weighted by Crippen LogP contribution is -2.54. The number of nitrogens with zero attached hydrogens (tertiary/aromatic N) is 2. The maximum atomic E-state index is 14.9. The van der Waals surface area contributed by atoms with E-state index in [0.29, 0.717) is 10.6 Å². The highest BCUT2D eigenvalue weighted by atomic mass is 35.5. The van der Waals surface area contributed by atoms with Crippen LogP contribution in [0.15, 0.2) is 72.8 Å². The van der Waals surface area contributed by atoms with Crippen molar-refractivity contribution in [1.82, 2.24) is 10.2 Å². The van der Waals surface area contributed by atoms with Gasteiger partial charge in [-0.15, -0.1) is 0 Å². The number of anilines is 1. The van der Waals surface area contributed by atoms with Gasteiger partial charge in [-0.1, -0.05) is 79.0 Å². The zero-order chi connectivity index (χ0) is 29.6. The smallest absolute Gasteiger partial charge is 0.244 e. The molecule has 1 aliphatic rings. The van der Waals surface area contributed by atoms with Gasteiger partial charge in [0.05, 0.1) is 11.9 Å². The van der Waals surface area contributed by atoms with Gasteiger partial charge in [0, 0.05) is 29.6 Å². The van der Waals surface area contributed by atoms with Crippen LogP contribution < -0.4 is 9.62 Å². The third-order valence-electron chi connectivity index (χ3n) is 7.46. The minimum Gasteiger partial charge on any atom is -0.352 e. The molecule has 7 nitrogen and oxygen atoms in total. The van der Waals surface area contributed by atoms with Crippen molar-refractivity contribution < 1.29 is 22.4 Å². The first-order valence-electron chi connectivity index (χ1n) is 13.6. The van der Waals surface area contributed by atoms with Crippen LogP contribution in [0.1, 0.15) is 42.4 Å². The minimum atomic E-state index is -3.94. The Hall–Kier alpha value is -3.43. The Morgan fingerprint density at radius 1 is 1.00 bits per heavy atom. The Morgan fingerprint density at radius 2 is 1.66 bits per heavy atom. The average Bonchev–Trinajstić information content (AvgIpc) is 3.45. The highest BCUT2D eigenvalue weighted by Gasteiger charge is 2.35. The second kappa shape index (κ2) is 13.5. The number of amides is 2. The van der Waals surface area contributed by atoms with Gasteiger partial charge in [-0.2, -0.15) is 0 Å². The first kappa shape index (κ1) is 30.5. The van der Waals surface area contributed by atoms with E-state index in [-0.39, 0.29) is 36.2 Å². The molecule has 0 radical (unpaired) electrons. The lowest BCUT2D eigenvalue weighted by Gasteiger charge is -2.34. The molecule has 3 aromatic carbocycles. The summed E-state index contributed by atoms with van der Waals surface area (Å²) < 4.78 is 41.8. The monoisotopic (exact) mass is 599 g/mol. The number of carbonyl (C=O) groups excluding carboxylic acids is 2. The first-order valence-corrected chi connectivity index (χ1v) is 15.9. The summed E-state index contributed by atoms with van der Waals surface area (Å²) in [6, 6.07) is 19.1. The summed E-state index contributed by atoms with van der Waals surface area (Å²) in [7, 11) is -3.94. The number of nitrogens with one attached hydrogen (secondary N) is 1. The summed E-state index contributed by atoms with van der Waals surface area (Å²) in [5.74, 6) is -1.51. The zero-order valence-corrected chi connectivity index (χ0v) is 24.8. The third-order valence-corrected chi connectivity index (χ3v) is 8.99. The lowest BCUT2D eigenvalue weighted by molar-refractivity contribution is -0.140. The third kappa shape index (κ3) is 7.86. The van der Waals surface area contributed by atoms with Gasteiger partial charge in [-0.25, -0.2) is 12.8 Å². The normalized spacial score (nSPS) is 14.4. The van der Waals surface area contributed by atoms with Gasteiger partial charge < -0.3 is 10.2 Å². The van der Waals surface area contributed by atoms with Crippen LogP contribution in [0.25, 0.3) is 0 Å². The number of sulfonamides is 1. The van der Waals surface area contributed by atoms with Gasteiger partial charge >= 0.3 is 0 Å². The standard InChI is InChI=1S/C31H35ClFN3O4S/c1-22-26(32)16-10-18-28(22)36(41(2,39)40)21-30(37)35(20-24-13-6-9-17-27(24)33)29(19-23-11-4-3-5-12-23)31(38)34-25-14-7-8-15-25/h3-6,9-13,16-18,25,29H,7-8,14-15,19-21H2,1-2H3,(H,34,38)/t29-/m1/s1. The Labute approximate surface area is 246 Å². The molecule has 3 aromatic rings. The predicted molar refractivity (Wildman–Crippen MR) is 160 cm³/mol. The van der Waals surface area contributed by atoms with Gasteiger partial charge in [-0.3, -0.25) is 13.9 Å². The zero-order valence-electron chi connectivity index (χ0n) is 23.2. The SMILES string of the molecule is Cc1c(Cl)cccc1N(CC(=O)N(Cc1ccccc1F)[C@H](Cc1ccccc1)C(=O)NC1CCCC1)S(C)(=O)=O. The molecular formula is C31H35ClFN3O4S. The van der Waals surface area contributed by atoms with Crippen molar-refractivity contribution in [3.05, 3.63) is 100 Å².